The van der Waals surface area contributed by atoms with Crippen molar-refractivity contribution in [3.05, 3.63) is 30.0 Å². The summed E-state index contributed by atoms with van der Waals surface area (Å²) in [6.07, 6.45) is 6.85. The number of sulfonamides is 1. The van der Waals surface area contributed by atoms with Gasteiger partial charge in [-0.15, -0.1) is 0 Å². The molecule has 1 saturated carbocycles. The molecule has 0 spiro atoms. The van der Waals surface area contributed by atoms with Crippen LogP contribution in [-0.2, 0) is 15.8 Å². The number of rotatable bonds is 5. The van der Waals surface area contributed by atoms with Crippen LogP contribution >= 0.6 is 0 Å². The van der Waals surface area contributed by atoms with Crippen molar-refractivity contribution < 1.29 is 12.9 Å². The molecule has 1 aromatic carbocycles. The number of piperazine rings is 1. The van der Waals surface area contributed by atoms with E-state index in [0.29, 0.717) is 30.4 Å². The van der Waals surface area contributed by atoms with Gasteiger partial charge in [-0.05, 0) is 25.0 Å². The Kier molecular flexibility index (Phi) is 5.36. The zero-order chi connectivity index (χ0) is 19.8. The monoisotopic (exact) mass is 418 g/mol. The fourth-order valence-electron chi connectivity index (χ4n) is 5.09. The smallest absolute Gasteiger partial charge is 0.220 e. The summed E-state index contributed by atoms with van der Waals surface area (Å²) in [6.45, 7) is 5.56. The second-order valence-electron chi connectivity index (χ2n) is 8.72. The van der Waals surface area contributed by atoms with Crippen LogP contribution in [0.4, 0.5) is 0 Å². The molecule has 0 N–H and O–H groups in total. The molecule has 2 aliphatic heterocycles. The minimum Gasteiger partial charge on any atom is -0.356 e. The highest BCUT2D eigenvalue weighted by atomic mass is 32.2. The maximum Gasteiger partial charge on any atom is 0.220 e. The number of aromatic nitrogens is 1. The first-order valence-electron chi connectivity index (χ1n) is 10.9. The topological polar surface area (TPSA) is 69.9 Å². The fourth-order valence-corrected chi connectivity index (χ4v) is 6.63. The molecule has 158 valence electrons. The van der Waals surface area contributed by atoms with Gasteiger partial charge in [-0.25, -0.2) is 8.42 Å². The van der Waals surface area contributed by atoms with Crippen LogP contribution in [0.2, 0.25) is 0 Å². The number of para-hydroxylation sites is 1. The molecular formula is C21H30N4O3S. The van der Waals surface area contributed by atoms with E-state index in [0.717, 1.165) is 37.6 Å². The SMILES string of the molecule is O=S(=O)(Cc1noc2ccccc12)N1CC(N2CCN(C3CCCCC3)CC2)C1. The van der Waals surface area contributed by atoms with Crippen LogP contribution < -0.4 is 0 Å². The normalized spacial score (nSPS) is 24.1. The molecule has 8 heteroatoms. The molecule has 0 unspecified atom stereocenters. The van der Waals surface area contributed by atoms with Gasteiger partial charge in [0.1, 0.15) is 11.4 Å². The van der Waals surface area contributed by atoms with Crippen LogP contribution in [0, 0.1) is 0 Å². The Morgan fingerprint density at radius 2 is 1.59 bits per heavy atom. The molecule has 29 heavy (non-hydrogen) atoms. The van der Waals surface area contributed by atoms with Crippen molar-refractivity contribution in [2.75, 3.05) is 39.3 Å². The van der Waals surface area contributed by atoms with Crippen LogP contribution in [0.25, 0.3) is 11.0 Å². The lowest BCUT2D eigenvalue weighted by molar-refractivity contribution is 0.0202. The van der Waals surface area contributed by atoms with E-state index in [1.807, 2.05) is 24.3 Å². The highest BCUT2D eigenvalue weighted by molar-refractivity contribution is 7.88. The largest absolute Gasteiger partial charge is 0.356 e. The predicted molar refractivity (Wildman–Crippen MR) is 112 cm³/mol. The Morgan fingerprint density at radius 3 is 2.31 bits per heavy atom. The maximum atomic E-state index is 12.8. The number of hydrogen-bond acceptors (Lipinski definition) is 6. The molecule has 1 aromatic heterocycles. The summed E-state index contributed by atoms with van der Waals surface area (Å²) in [6, 6.07) is 8.54. The predicted octanol–water partition coefficient (Wildman–Crippen LogP) is 2.29. The average Bonchev–Trinajstić information content (AvgIpc) is 3.10. The van der Waals surface area contributed by atoms with Crippen molar-refractivity contribution >= 4 is 21.0 Å². The molecule has 5 rings (SSSR count). The van der Waals surface area contributed by atoms with Crippen molar-refractivity contribution in [3.63, 3.8) is 0 Å². The molecule has 7 nitrogen and oxygen atoms in total. The van der Waals surface area contributed by atoms with Gasteiger partial charge in [0.15, 0.2) is 5.58 Å². The zero-order valence-corrected chi connectivity index (χ0v) is 17.7. The van der Waals surface area contributed by atoms with Crippen LogP contribution in [-0.4, -0.2) is 79.0 Å². The average molecular weight is 419 g/mol. The highest BCUT2D eigenvalue weighted by Gasteiger charge is 2.40. The van der Waals surface area contributed by atoms with E-state index in [1.165, 1.54) is 32.1 Å². The van der Waals surface area contributed by atoms with Gasteiger partial charge in [0.25, 0.3) is 0 Å². The third-order valence-electron chi connectivity index (χ3n) is 6.95. The number of hydrogen-bond donors (Lipinski definition) is 0. The summed E-state index contributed by atoms with van der Waals surface area (Å²) in [5, 5.41) is 4.77. The molecule has 2 saturated heterocycles. The summed E-state index contributed by atoms with van der Waals surface area (Å²) in [7, 11) is -3.36. The van der Waals surface area contributed by atoms with Crippen LogP contribution in [0.15, 0.2) is 28.8 Å². The number of fused-ring (bicyclic) bond motifs is 1. The van der Waals surface area contributed by atoms with Crippen LogP contribution in [0.5, 0.6) is 0 Å². The van der Waals surface area contributed by atoms with Crippen molar-refractivity contribution in [2.24, 2.45) is 0 Å². The Morgan fingerprint density at radius 1 is 0.931 bits per heavy atom. The van der Waals surface area contributed by atoms with Gasteiger partial charge in [-0.2, -0.15) is 4.31 Å². The third-order valence-corrected chi connectivity index (χ3v) is 8.67. The van der Waals surface area contributed by atoms with Gasteiger partial charge in [-0.3, -0.25) is 9.80 Å². The molecular weight excluding hydrogens is 388 g/mol. The second-order valence-corrected chi connectivity index (χ2v) is 10.7. The highest BCUT2D eigenvalue weighted by Crippen LogP contribution is 2.27. The van der Waals surface area contributed by atoms with E-state index in [-0.39, 0.29) is 5.75 Å². The van der Waals surface area contributed by atoms with Crippen molar-refractivity contribution in [1.29, 1.82) is 0 Å². The second kappa shape index (κ2) is 7.98. The molecule has 3 aliphatic rings. The lowest BCUT2D eigenvalue weighted by atomic mass is 9.93. The van der Waals surface area contributed by atoms with E-state index in [2.05, 4.69) is 15.0 Å². The van der Waals surface area contributed by atoms with Crippen molar-refractivity contribution in [3.8, 4) is 0 Å². The fraction of sp³-hybridized carbons (Fsp3) is 0.667. The molecule has 0 atom stereocenters. The minimum absolute atomic E-state index is 0.0911. The first-order chi connectivity index (χ1) is 14.1. The molecule has 3 fully saturated rings. The Balaban J connectivity index is 1.14. The van der Waals surface area contributed by atoms with Gasteiger partial charge in [0.2, 0.25) is 10.0 Å². The summed E-state index contributed by atoms with van der Waals surface area (Å²) < 4.78 is 32.5. The Bertz CT molecular complexity index is 940. The van der Waals surface area contributed by atoms with Gasteiger partial charge < -0.3 is 4.52 Å². The quantitative estimate of drug-likeness (QED) is 0.742. The standard InChI is InChI=1S/C21H30N4O3S/c26-29(27,16-20-19-8-4-5-9-21(19)28-22-20)25-14-18(15-25)24-12-10-23(11-13-24)17-6-2-1-3-7-17/h4-5,8-9,17-18H,1-3,6-7,10-16H2. The Hall–Kier alpha value is -1.48. The number of benzene rings is 1. The summed E-state index contributed by atoms with van der Waals surface area (Å²) >= 11 is 0. The van der Waals surface area contributed by atoms with E-state index >= 15 is 0 Å². The van der Waals surface area contributed by atoms with Gasteiger partial charge in [0, 0.05) is 56.7 Å². The van der Waals surface area contributed by atoms with E-state index < -0.39 is 10.0 Å². The molecule has 2 aromatic rings. The molecule has 0 amide bonds. The number of nitrogens with zero attached hydrogens (tertiary/aromatic N) is 4. The van der Waals surface area contributed by atoms with Crippen molar-refractivity contribution in [1.82, 2.24) is 19.3 Å². The zero-order valence-electron chi connectivity index (χ0n) is 16.9. The van der Waals surface area contributed by atoms with Gasteiger partial charge >= 0.3 is 0 Å². The maximum absolute atomic E-state index is 12.8. The van der Waals surface area contributed by atoms with E-state index in [1.54, 1.807) is 4.31 Å². The minimum atomic E-state index is -3.36. The van der Waals surface area contributed by atoms with Crippen LogP contribution in [0.3, 0.4) is 0 Å². The third kappa shape index (κ3) is 3.95. The molecule has 1 aliphatic carbocycles. The Labute approximate surface area is 172 Å². The van der Waals surface area contributed by atoms with Gasteiger partial charge in [-0.1, -0.05) is 36.6 Å². The molecule has 0 radical (unpaired) electrons. The summed E-state index contributed by atoms with van der Waals surface area (Å²) in [4.78, 5) is 5.15. The van der Waals surface area contributed by atoms with Crippen LogP contribution in [0.1, 0.15) is 37.8 Å². The van der Waals surface area contributed by atoms with Crippen molar-refractivity contribution in [2.45, 2.75) is 49.9 Å². The molecule has 0 bridgehead atoms. The van der Waals surface area contributed by atoms with Gasteiger partial charge in [0.05, 0.1) is 0 Å². The summed E-state index contributed by atoms with van der Waals surface area (Å²) in [5.74, 6) is -0.0911. The first-order valence-corrected chi connectivity index (χ1v) is 12.5. The summed E-state index contributed by atoms with van der Waals surface area (Å²) in [5.41, 5.74) is 1.14. The molecule has 3 heterocycles. The lowest BCUT2D eigenvalue weighted by Gasteiger charge is -2.48. The van der Waals surface area contributed by atoms with E-state index in [9.17, 15) is 8.42 Å². The first kappa shape index (κ1) is 19.5. The van der Waals surface area contributed by atoms with E-state index in [4.69, 9.17) is 4.52 Å². The lowest BCUT2D eigenvalue weighted by Crippen LogP contribution is -2.64.